The van der Waals surface area contributed by atoms with E-state index in [0.717, 1.165) is 11.3 Å². The molecule has 0 radical (unpaired) electrons. The Morgan fingerprint density at radius 3 is 2.82 bits per heavy atom. The normalized spacial score (nSPS) is 16.5. The minimum Gasteiger partial charge on any atom is -0.497 e. The molecule has 1 unspecified atom stereocenters. The number of rotatable bonds is 8. The van der Waals surface area contributed by atoms with Gasteiger partial charge in [-0.05, 0) is 30.5 Å². The smallest absolute Gasteiger partial charge is 0.230 e. The topological polar surface area (TPSA) is 47.6 Å². The molecule has 0 bridgehead atoms. The molecule has 4 nitrogen and oxygen atoms in total. The average Bonchev–Trinajstić information content (AvgIpc) is 3.07. The van der Waals surface area contributed by atoms with E-state index in [4.69, 9.17) is 9.47 Å². The molecule has 1 fully saturated rings. The van der Waals surface area contributed by atoms with Crippen molar-refractivity contribution in [2.75, 3.05) is 26.5 Å². The quantitative estimate of drug-likeness (QED) is 0.798. The molecule has 0 aliphatic heterocycles. The van der Waals surface area contributed by atoms with E-state index in [-0.39, 0.29) is 12.0 Å². The molecule has 0 aromatic heterocycles. The van der Waals surface area contributed by atoms with Crippen LogP contribution in [-0.4, -0.2) is 37.7 Å². The van der Waals surface area contributed by atoms with Crippen LogP contribution in [0.4, 0.5) is 0 Å². The van der Waals surface area contributed by atoms with Crippen LogP contribution in [0.15, 0.2) is 24.3 Å². The summed E-state index contributed by atoms with van der Waals surface area (Å²) in [6, 6.07) is 7.74. The molecule has 1 aliphatic rings. The summed E-state index contributed by atoms with van der Waals surface area (Å²) in [7, 11) is 3.30. The third-order valence-corrected chi connectivity index (χ3v) is 5.36. The number of benzene rings is 1. The van der Waals surface area contributed by atoms with E-state index in [2.05, 4.69) is 5.32 Å². The number of amides is 1. The fourth-order valence-electron chi connectivity index (χ4n) is 2.69. The number of nitrogens with one attached hydrogen (secondary N) is 1. The van der Waals surface area contributed by atoms with Crippen molar-refractivity contribution >= 4 is 17.7 Å². The van der Waals surface area contributed by atoms with Crippen LogP contribution in [-0.2, 0) is 9.53 Å². The van der Waals surface area contributed by atoms with Gasteiger partial charge >= 0.3 is 0 Å². The first kappa shape index (κ1) is 17.2. The lowest BCUT2D eigenvalue weighted by molar-refractivity contribution is -0.119. The van der Waals surface area contributed by atoms with Gasteiger partial charge in [-0.15, -0.1) is 11.8 Å². The molecule has 22 heavy (non-hydrogen) atoms. The predicted octanol–water partition coefficient (Wildman–Crippen LogP) is 3.17. The van der Waals surface area contributed by atoms with Crippen LogP contribution in [0, 0.1) is 0 Å². The Balaban J connectivity index is 1.78. The standard InChI is InChI=1S/C17H25NO3S/c1-20-14-7-5-6-13(10-14)16(21-2)11-18-17(19)12-22-15-8-3-4-9-15/h5-7,10,15-16H,3-4,8-9,11-12H2,1-2H3,(H,18,19). The van der Waals surface area contributed by atoms with Gasteiger partial charge in [-0.2, -0.15) is 0 Å². The third-order valence-electron chi connectivity index (χ3n) is 3.99. The van der Waals surface area contributed by atoms with E-state index in [9.17, 15) is 4.79 Å². The van der Waals surface area contributed by atoms with Crippen LogP contribution in [0.2, 0.25) is 0 Å². The van der Waals surface area contributed by atoms with Crippen molar-refractivity contribution in [3.8, 4) is 5.75 Å². The van der Waals surface area contributed by atoms with E-state index in [1.807, 2.05) is 24.3 Å². The van der Waals surface area contributed by atoms with Crippen LogP contribution in [0.5, 0.6) is 5.75 Å². The van der Waals surface area contributed by atoms with Gasteiger partial charge in [0.25, 0.3) is 0 Å². The summed E-state index contributed by atoms with van der Waals surface area (Å²) in [6.07, 6.45) is 4.96. The molecule has 1 atom stereocenters. The van der Waals surface area contributed by atoms with E-state index < -0.39 is 0 Å². The van der Waals surface area contributed by atoms with Crippen molar-refractivity contribution in [1.82, 2.24) is 5.32 Å². The van der Waals surface area contributed by atoms with Gasteiger partial charge in [0.2, 0.25) is 5.91 Å². The lowest BCUT2D eigenvalue weighted by Crippen LogP contribution is -2.30. The zero-order valence-electron chi connectivity index (χ0n) is 13.3. The van der Waals surface area contributed by atoms with Crippen LogP contribution < -0.4 is 10.1 Å². The Hall–Kier alpha value is -1.20. The molecule has 0 spiro atoms. The predicted molar refractivity (Wildman–Crippen MR) is 90.5 cm³/mol. The fraction of sp³-hybridized carbons (Fsp3) is 0.588. The van der Waals surface area contributed by atoms with Crippen LogP contribution in [0.3, 0.4) is 0 Å². The van der Waals surface area contributed by atoms with E-state index >= 15 is 0 Å². The third kappa shape index (κ3) is 5.21. The number of hydrogen-bond acceptors (Lipinski definition) is 4. The molecule has 5 heteroatoms. The monoisotopic (exact) mass is 323 g/mol. The number of carbonyl (C=O) groups excluding carboxylic acids is 1. The Labute approximate surface area is 137 Å². The molecule has 1 aromatic rings. The van der Waals surface area contributed by atoms with Gasteiger partial charge in [-0.3, -0.25) is 4.79 Å². The largest absolute Gasteiger partial charge is 0.497 e. The molecule has 0 saturated heterocycles. The second kappa shape index (κ2) is 9.06. The Bertz CT molecular complexity index is 475. The molecular weight excluding hydrogens is 298 g/mol. The van der Waals surface area contributed by atoms with E-state index in [1.54, 1.807) is 26.0 Å². The molecule has 122 valence electrons. The van der Waals surface area contributed by atoms with Gasteiger partial charge in [-0.25, -0.2) is 0 Å². The number of hydrogen-bond donors (Lipinski definition) is 1. The highest BCUT2D eigenvalue weighted by molar-refractivity contribution is 8.00. The van der Waals surface area contributed by atoms with E-state index in [0.29, 0.717) is 17.5 Å². The van der Waals surface area contributed by atoms with E-state index in [1.165, 1.54) is 25.7 Å². The van der Waals surface area contributed by atoms with Gasteiger partial charge in [-0.1, -0.05) is 25.0 Å². The second-order valence-corrected chi connectivity index (χ2v) is 6.81. The summed E-state index contributed by atoms with van der Waals surface area (Å²) in [5, 5.41) is 3.64. The molecule has 1 aromatic carbocycles. The zero-order valence-corrected chi connectivity index (χ0v) is 14.2. The van der Waals surface area contributed by atoms with Crippen molar-refractivity contribution in [2.24, 2.45) is 0 Å². The first-order chi connectivity index (χ1) is 10.7. The molecule has 1 amide bonds. The number of thioether (sulfide) groups is 1. The molecule has 2 rings (SSSR count). The number of ether oxygens (including phenoxy) is 2. The maximum absolute atomic E-state index is 12.0. The van der Waals surface area contributed by atoms with Gasteiger partial charge in [0.15, 0.2) is 0 Å². The minimum absolute atomic E-state index is 0.0850. The average molecular weight is 323 g/mol. The van der Waals surface area contributed by atoms with Crippen molar-refractivity contribution in [3.63, 3.8) is 0 Å². The summed E-state index contributed by atoms with van der Waals surface area (Å²) in [4.78, 5) is 12.0. The zero-order chi connectivity index (χ0) is 15.8. The minimum atomic E-state index is -0.157. The Morgan fingerprint density at radius 2 is 2.14 bits per heavy atom. The Morgan fingerprint density at radius 1 is 1.36 bits per heavy atom. The van der Waals surface area contributed by atoms with Crippen molar-refractivity contribution in [3.05, 3.63) is 29.8 Å². The summed E-state index contributed by atoms with van der Waals surface area (Å²) >= 11 is 1.78. The van der Waals surface area contributed by atoms with Crippen LogP contribution in [0.25, 0.3) is 0 Å². The maximum Gasteiger partial charge on any atom is 0.230 e. The summed E-state index contributed by atoms with van der Waals surface area (Å²) in [5.41, 5.74) is 1.01. The first-order valence-corrected chi connectivity index (χ1v) is 8.83. The molecule has 0 heterocycles. The molecule has 1 N–H and O–H groups in total. The number of methoxy groups -OCH3 is 2. The lowest BCUT2D eigenvalue weighted by Gasteiger charge is -2.17. The number of carbonyl (C=O) groups is 1. The molecular formula is C17H25NO3S. The molecule has 1 saturated carbocycles. The second-order valence-electron chi connectivity index (χ2n) is 5.52. The highest BCUT2D eigenvalue weighted by Gasteiger charge is 2.17. The van der Waals surface area contributed by atoms with Crippen LogP contribution in [0.1, 0.15) is 37.4 Å². The fourth-order valence-corrected chi connectivity index (χ4v) is 3.84. The summed E-state index contributed by atoms with van der Waals surface area (Å²) in [5.74, 6) is 1.42. The maximum atomic E-state index is 12.0. The highest BCUT2D eigenvalue weighted by atomic mass is 32.2. The van der Waals surface area contributed by atoms with Crippen molar-refractivity contribution < 1.29 is 14.3 Å². The van der Waals surface area contributed by atoms with Gasteiger partial charge in [0.05, 0.1) is 19.0 Å². The Kier molecular flexibility index (Phi) is 7.06. The highest BCUT2D eigenvalue weighted by Crippen LogP contribution is 2.29. The summed E-state index contributed by atoms with van der Waals surface area (Å²) < 4.78 is 10.7. The van der Waals surface area contributed by atoms with Gasteiger partial charge < -0.3 is 14.8 Å². The van der Waals surface area contributed by atoms with Crippen LogP contribution >= 0.6 is 11.8 Å². The van der Waals surface area contributed by atoms with Crippen molar-refractivity contribution in [2.45, 2.75) is 37.0 Å². The summed E-state index contributed by atoms with van der Waals surface area (Å²) in [6.45, 7) is 0.480. The molecule has 1 aliphatic carbocycles. The lowest BCUT2D eigenvalue weighted by atomic mass is 10.1. The van der Waals surface area contributed by atoms with Crippen molar-refractivity contribution in [1.29, 1.82) is 0 Å². The SMILES string of the molecule is COc1cccc(C(CNC(=O)CSC2CCCC2)OC)c1. The first-order valence-electron chi connectivity index (χ1n) is 7.78. The van der Waals surface area contributed by atoms with Gasteiger partial charge in [0.1, 0.15) is 5.75 Å². The van der Waals surface area contributed by atoms with Gasteiger partial charge in [0, 0.05) is 18.9 Å².